The van der Waals surface area contributed by atoms with Gasteiger partial charge in [-0.3, -0.25) is 24.0 Å². The van der Waals surface area contributed by atoms with Crippen molar-refractivity contribution in [1.82, 2.24) is 10.2 Å². The zero-order valence-electron chi connectivity index (χ0n) is 22.4. The Bertz CT molecular complexity index is 1450. The number of hydrogen-bond donors (Lipinski definition) is 1. The highest BCUT2D eigenvalue weighted by molar-refractivity contribution is 7.92. The topological polar surface area (TPSA) is 130 Å². The van der Waals surface area contributed by atoms with Gasteiger partial charge in [-0.15, -0.1) is 0 Å². The number of halogens is 1. The Morgan fingerprint density at radius 2 is 1.65 bits per heavy atom. The fourth-order valence-electron chi connectivity index (χ4n) is 3.84. The number of anilines is 1. The van der Waals surface area contributed by atoms with Crippen molar-refractivity contribution in [2.75, 3.05) is 10.8 Å². The van der Waals surface area contributed by atoms with Crippen LogP contribution in [0, 0.1) is 10.1 Å². The lowest BCUT2D eigenvalue weighted by Crippen LogP contribution is -2.52. The fourth-order valence-corrected chi connectivity index (χ4v) is 5.40. The van der Waals surface area contributed by atoms with Crippen LogP contribution in [0.15, 0.2) is 83.8 Å². The molecule has 0 aliphatic carbocycles. The van der Waals surface area contributed by atoms with Crippen molar-refractivity contribution in [1.29, 1.82) is 0 Å². The smallest absolute Gasteiger partial charge is 0.271 e. The maximum Gasteiger partial charge on any atom is 0.271 e. The van der Waals surface area contributed by atoms with E-state index >= 15 is 0 Å². The Labute approximate surface area is 238 Å². The second-order valence-corrected chi connectivity index (χ2v) is 11.5. The van der Waals surface area contributed by atoms with Crippen LogP contribution in [0.3, 0.4) is 0 Å². The number of sulfonamides is 1. The number of amides is 2. The molecule has 0 heterocycles. The minimum Gasteiger partial charge on any atom is -0.352 e. The van der Waals surface area contributed by atoms with Crippen LogP contribution < -0.4 is 9.62 Å². The molecule has 0 aliphatic rings. The monoisotopic (exact) mass is 586 g/mol. The van der Waals surface area contributed by atoms with E-state index in [0.717, 1.165) is 10.4 Å². The SMILES string of the molecule is CC[C@H](C)NC(=O)[C@@H](C)N(Cc1ccc(Cl)cc1)C(=O)CN(c1cccc([N+](=O)[O-])c1)S(=O)(=O)c1ccccc1. The second kappa shape index (κ2) is 13.4. The average molecular weight is 587 g/mol. The maximum absolute atomic E-state index is 13.9. The van der Waals surface area contributed by atoms with Gasteiger partial charge in [-0.1, -0.05) is 54.9 Å². The Morgan fingerprint density at radius 3 is 2.25 bits per heavy atom. The average Bonchev–Trinajstić information content (AvgIpc) is 2.95. The summed E-state index contributed by atoms with van der Waals surface area (Å²) in [7, 11) is -4.33. The molecule has 0 saturated carbocycles. The largest absolute Gasteiger partial charge is 0.352 e. The number of benzene rings is 3. The lowest BCUT2D eigenvalue weighted by molar-refractivity contribution is -0.384. The van der Waals surface area contributed by atoms with Crippen molar-refractivity contribution in [3.8, 4) is 0 Å². The van der Waals surface area contributed by atoms with Crippen LogP contribution in [0.4, 0.5) is 11.4 Å². The first-order valence-corrected chi connectivity index (χ1v) is 14.4. The molecule has 2 atom stereocenters. The van der Waals surface area contributed by atoms with Crippen LogP contribution in [0.5, 0.6) is 0 Å². The fraction of sp³-hybridized carbons (Fsp3) is 0.286. The van der Waals surface area contributed by atoms with E-state index in [9.17, 15) is 28.1 Å². The van der Waals surface area contributed by atoms with Gasteiger partial charge in [0, 0.05) is 29.7 Å². The van der Waals surface area contributed by atoms with E-state index in [1.807, 2.05) is 13.8 Å². The molecular weight excluding hydrogens is 556 g/mol. The summed E-state index contributed by atoms with van der Waals surface area (Å²) < 4.78 is 28.3. The van der Waals surface area contributed by atoms with E-state index in [1.54, 1.807) is 37.3 Å². The van der Waals surface area contributed by atoms with Crippen LogP contribution >= 0.6 is 11.6 Å². The normalized spacial score (nSPS) is 12.7. The molecule has 0 fully saturated rings. The summed E-state index contributed by atoms with van der Waals surface area (Å²) in [5.41, 5.74) is 0.279. The quantitative estimate of drug-likeness (QED) is 0.240. The molecule has 0 spiro atoms. The van der Waals surface area contributed by atoms with Gasteiger partial charge in [0.1, 0.15) is 12.6 Å². The molecule has 2 amide bonds. The minimum absolute atomic E-state index is 0.000737. The third-order valence-electron chi connectivity index (χ3n) is 6.37. The number of nitro groups is 1. The molecular formula is C28H31ClN4O6S. The molecule has 0 saturated heterocycles. The van der Waals surface area contributed by atoms with Gasteiger partial charge in [-0.25, -0.2) is 8.42 Å². The van der Waals surface area contributed by atoms with E-state index in [4.69, 9.17) is 11.6 Å². The second-order valence-electron chi connectivity index (χ2n) is 9.24. The molecule has 1 N–H and O–H groups in total. The Kier molecular flexibility index (Phi) is 10.2. The highest BCUT2D eigenvalue weighted by Crippen LogP contribution is 2.27. The summed E-state index contributed by atoms with van der Waals surface area (Å²) in [5, 5.41) is 14.8. The number of rotatable bonds is 12. The molecule has 3 rings (SSSR count). The number of non-ortho nitro benzene ring substituents is 1. The third kappa shape index (κ3) is 7.57. The van der Waals surface area contributed by atoms with E-state index in [2.05, 4.69) is 5.32 Å². The number of carbonyl (C=O) groups is 2. The predicted octanol–water partition coefficient (Wildman–Crippen LogP) is 4.78. The van der Waals surface area contributed by atoms with Crippen LogP contribution in [0.25, 0.3) is 0 Å². The van der Waals surface area contributed by atoms with Crippen LogP contribution in [0.1, 0.15) is 32.8 Å². The minimum atomic E-state index is -4.33. The van der Waals surface area contributed by atoms with Gasteiger partial charge in [0.25, 0.3) is 15.7 Å². The molecule has 0 bridgehead atoms. The number of nitro benzene ring substituents is 1. The zero-order valence-corrected chi connectivity index (χ0v) is 23.9. The molecule has 0 aromatic heterocycles. The summed E-state index contributed by atoms with van der Waals surface area (Å²) in [6.07, 6.45) is 0.680. The summed E-state index contributed by atoms with van der Waals surface area (Å²) in [6, 6.07) is 18.1. The van der Waals surface area contributed by atoms with Gasteiger partial charge in [0.2, 0.25) is 11.8 Å². The molecule has 0 aliphatic heterocycles. The first-order chi connectivity index (χ1) is 18.9. The Hall–Kier alpha value is -3.96. The highest BCUT2D eigenvalue weighted by atomic mass is 35.5. The lowest BCUT2D eigenvalue weighted by Gasteiger charge is -2.32. The number of carbonyl (C=O) groups excluding carboxylic acids is 2. The summed E-state index contributed by atoms with van der Waals surface area (Å²) in [4.78, 5) is 38.9. The number of nitrogens with one attached hydrogen (secondary N) is 1. The molecule has 3 aromatic rings. The third-order valence-corrected chi connectivity index (χ3v) is 8.41. The molecule has 40 heavy (non-hydrogen) atoms. The maximum atomic E-state index is 13.9. The summed E-state index contributed by atoms with van der Waals surface area (Å²) in [6.45, 7) is 4.62. The van der Waals surface area contributed by atoms with E-state index < -0.39 is 39.3 Å². The zero-order chi connectivity index (χ0) is 29.4. The van der Waals surface area contributed by atoms with Crippen molar-refractivity contribution >= 4 is 44.8 Å². The van der Waals surface area contributed by atoms with E-state index in [-0.39, 0.29) is 28.9 Å². The van der Waals surface area contributed by atoms with E-state index in [0.29, 0.717) is 17.0 Å². The van der Waals surface area contributed by atoms with Gasteiger partial charge < -0.3 is 10.2 Å². The summed E-state index contributed by atoms with van der Waals surface area (Å²) in [5.74, 6) is -1.07. The Morgan fingerprint density at radius 1 is 1.00 bits per heavy atom. The Balaban J connectivity index is 2.05. The van der Waals surface area contributed by atoms with Gasteiger partial charge in [-0.05, 0) is 56.2 Å². The highest BCUT2D eigenvalue weighted by Gasteiger charge is 2.33. The van der Waals surface area contributed by atoms with Crippen LogP contribution in [0.2, 0.25) is 5.02 Å². The van der Waals surface area contributed by atoms with Crippen LogP contribution in [-0.4, -0.2) is 48.7 Å². The molecule has 10 nitrogen and oxygen atoms in total. The molecule has 12 heteroatoms. The van der Waals surface area contributed by atoms with Crippen molar-refractivity contribution < 1.29 is 22.9 Å². The lowest BCUT2D eigenvalue weighted by atomic mass is 10.1. The van der Waals surface area contributed by atoms with Gasteiger partial charge >= 0.3 is 0 Å². The summed E-state index contributed by atoms with van der Waals surface area (Å²) >= 11 is 6.01. The predicted molar refractivity (Wildman–Crippen MR) is 153 cm³/mol. The van der Waals surface area contributed by atoms with E-state index in [1.165, 1.54) is 47.4 Å². The standard InChI is InChI=1S/C28H31ClN4O6S/c1-4-20(2)30-28(35)21(3)31(18-22-13-15-23(29)16-14-22)27(34)19-32(24-9-8-10-25(17-24)33(36)37)40(38,39)26-11-6-5-7-12-26/h5-17,20-21H,4,18-19H2,1-3H3,(H,30,35)/t20-,21+/m0/s1. The van der Waals surface area contributed by atoms with Gasteiger partial charge in [0.05, 0.1) is 15.5 Å². The number of nitrogens with zero attached hydrogens (tertiary/aromatic N) is 3. The van der Waals surface area contributed by atoms with Crippen LogP contribution in [-0.2, 0) is 26.2 Å². The molecule has 0 radical (unpaired) electrons. The molecule has 0 unspecified atom stereocenters. The van der Waals surface area contributed by atoms with Crippen molar-refractivity contribution in [3.05, 3.63) is 99.6 Å². The number of hydrogen-bond acceptors (Lipinski definition) is 6. The first-order valence-electron chi connectivity index (χ1n) is 12.6. The van der Waals surface area contributed by atoms with Gasteiger partial charge in [0.15, 0.2) is 0 Å². The van der Waals surface area contributed by atoms with Gasteiger partial charge in [-0.2, -0.15) is 0 Å². The van der Waals surface area contributed by atoms with Crippen molar-refractivity contribution in [3.63, 3.8) is 0 Å². The van der Waals surface area contributed by atoms with Crippen molar-refractivity contribution in [2.45, 2.75) is 50.7 Å². The van der Waals surface area contributed by atoms with Crippen molar-refractivity contribution in [2.24, 2.45) is 0 Å². The first kappa shape index (κ1) is 30.6. The molecule has 3 aromatic carbocycles. The molecule has 212 valence electrons.